The standard InChI is InChI=1S/C30H27Cl2NO5/c1-15(26-23(31)6-3-7-25(26)34)27(28(33)16-8-9-16)30(37)38-19-10-11-20(24(32)13-19)22-14-21(22)17-4-2-5-18(12-17)29(35)36/h2-7,10-13,16,21-22,30,34,37H,1,8-9,14,33H2,(H,35,36)/b28-27+. The number of phenolic OH excluding ortho intramolecular Hbond substituents is 1. The summed E-state index contributed by atoms with van der Waals surface area (Å²) in [6.45, 7) is 4.07. The highest BCUT2D eigenvalue weighted by Gasteiger charge is 2.41. The Bertz CT molecular complexity index is 1440. The smallest absolute Gasteiger partial charge is 0.335 e. The van der Waals surface area contributed by atoms with E-state index in [1.54, 1.807) is 42.5 Å². The van der Waals surface area contributed by atoms with Crippen molar-refractivity contribution in [2.75, 3.05) is 0 Å². The summed E-state index contributed by atoms with van der Waals surface area (Å²) in [6.07, 6.45) is 1.18. The van der Waals surface area contributed by atoms with Gasteiger partial charge in [-0.15, -0.1) is 0 Å². The van der Waals surface area contributed by atoms with Crippen molar-refractivity contribution in [1.82, 2.24) is 0 Å². The van der Waals surface area contributed by atoms with Gasteiger partial charge in [-0.05, 0) is 90.1 Å². The van der Waals surface area contributed by atoms with Gasteiger partial charge in [0.1, 0.15) is 11.5 Å². The van der Waals surface area contributed by atoms with Gasteiger partial charge in [0.15, 0.2) is 0 Å². The van der Waals surface area contributed by atoms with Crippen LogP contribution in [-0.4, -0.2) is 27.6 Å². The van der Waals surface area contributed by atoms with Crippen LogP contribution in [0.4, 0.5) is 0 Å². The first-order chi connectivity index (χ1) is 18.2. The van der Waals surface area contributed by atoms with Crippen LogP contribution < -0.4 is 10.5 Å². The molecule has 2 aliphatic rings. The molecule has 3 unspecified atom stereocenters. The van der Waals surface area contributed by atoms with E-state index in [9.17, 15) is 20.1 Å². The molecule has 2 saturated carbocycles. The van der Waals surface area contributed by atoms with Crippen molar-refractivity contribution in [3.63, 3.8) is 0 Å². The molecule has 3 aromatic rings. The Morgan fingerprint density at radius 3 is 2.42 bits per heavy atom. The molecule has 3 atom stereocenters. The lowest BCUT2D eigenvalue weighted by Crippen LogP contribution is -2.24. The molecule has 0 bridgehead atoms. The topological polar surface area (TPSA) is 113 Å². The number of rotatable bonds is 9. The fourth-order valence-electron chi connectivity index (χ4n) is 4.91. The molecular weight excluding hydrogens is 525 g/mol. The van der Waals surface area contributed by atoms with Crippen LogP contribution in [-0.2, 0) is 0 Å². The van der Waals surface area contributed by atoms with Crippen LogP contribution in [0.1, 0.15) is 58.1 Å². The largest absolute Gasteiger partial charge is 0.507 e. The van der Waals surface area contributed by atoms with Gasteiger partial charge in [-0.2, -0.15) is 0 Å². The van der Waals surface area contributed by atoms with Crippen LogP contribution >= 0.6 is 23.2 Å². The first-order valence-electron chi connectivity index (χ1n) is 12.3. The number of allylic oxidation sites excluding steroid dienone is 1. The number of ether oxygens (including phenoxy) is 1. The average Bonchev–Trinajstić information content (AvgIpc) is 3.79. The van der Waals surface area contributed by atoms with E-state index in [1.165, 1.54) is 6.07 Å². The Morgan fingerprint density at radius 2 is 1.76 bits per heavy atom. The third-order valence-electron chi connectivity index (χ3n) is 7.16. The van der Waals surface area contributed by atoms with Gasteiger partial charge >= 0.3 is 5.97 Å². The quantitative estimate of drug-likeness (QED) is 0.174. The molecule has 0 heterocycles. The van der Waals surface area contributed by atoms with Crippen LogP contribution in [0.15, 0.2) is 78.5 Å². The summed E-state index contributed by atoms with van der Waals surface area (Å²) >= 11 is 13.0. The number of carboxylic acid groups (broad SMARTS) is 1. The van der Waals surface area contributed by atoms with E-state index in [-0.39, 0.29) is 50.8 Å². The van der Waals surface area contributed by atoms with E-state index < -0.39 is 12.3 Å². The second-order valence-corrected chi connectivity index (χ2v) is 10.6. The molecule has 0 radical (unpaired) electrons. The maximum atomic E-state index is 11.3. The summed E-state index contributed by atoms with van der Waals surface area (Å²) in [5.41, 5.74) is 9.87. The molecule has 0 spiro atoms. The highest BCUT2D eigenvalue weighted by atomic mass is 35.5. The third kappa shape index (κ3) is 5.25. The number of aliphatic hydroxyl groups is 1. The van der Waals surface area contributed by atoms with Crippen molar-refractivity contribution in [1.29, 1.82) is 0 Å². The number of hydrogen-bond donors (Lipinski definition) is 4. The lowest BCUT2D eigenvalue weighted by Gasteiger charge is -2.23. The Labute approximate surface area is 230 Å². The molecule has 3 aromatic carbocycles. The fourth-order valence-corrected chi connectivity index (χ4v) is 5.50. The van der Waals surface area contributed by atoms with E-state index in [4.69, 9.17) is 33.7 Å². The number of carboxylic acids is 1. The monoisotopic (exact) mass is 551 g/mol. The number of carbonyl (C=O) groups is 1. The SMILES string of the molecule is C=C(/C(=C(\N)C1CC1)C(O)Oc1ccc(C2CC2c2cccc(C(=O)O)c2)c(Cl)c1)c1c(O)cccc1Cl. The Balaban J connectivity index is 1.36. The lowest BCUT2D eigenvalue weighted by molar-refractivity contribution is 0.0174. The van der Waals surface area contributed by atoms with Gasteiger partial charge in [0.2, 0.25) is 6.29 Å². The van der Waals surface area contributed by atoms with Gasteiger partial charge in [0, 0.05) is 21.9 Å². The summed E-state index contributed by atoms with van der Waals surface area (Å²) < 4.78 is 5.87. The Hall–Kier alpha value is -3.45. The van der Waals surface area contributed by atoms with Crippen LogP contribution in [0.2, 0.25) is 10.0 Å². The number of hydrogen-bond acceptors (Lipinski definition) is 5. The first-order valence-corrected chi connectivity index (χ1v) is 13.0. The van der Waals surface area contributed by atoms with Crippen molar-refractivity contribution in [2.45, 2.75) is 37.4 Å². The molecule has 0 saturated heterocycles. The van der Waals surface area contributed by atoms with E-state index in [0.29, 0.717) is 16.5 Å². The van der Waals surface area contributed by atoms with E-state index >= 15 is 0 Å². The zero-order chi connectivity index (χ0) is 27.1. The lowest BCUT2D eigenvalue weighted by atomic mass is 9.95. The van der Waals surface area contributed by atoms with Crippen LogP contribution in [0.3, 0.4) is 0 Å². The summed E-state index contributed by atoms with van der Waals surface area (Å²) in [6, 6.07) is 16.9. The molecule has 38 heavy (non-hydrogen) atoms. The van der Waals surface area contributed by atoms with E-state index in [0.717, 1.165) is 30.4 Å². The number of phenols is 1. The van der Waals surface area contributed by atoms with Gasteiger partial charge in [-0.3, -0.25) is 0 Å². The summed E-state index contributed by atoms with van der Waals surface area (Å²) in [5.74, 6) is -0.241. The van der Waals surface area contributed by atoms with Gasteiger partial charge in [0.25, 0.3) is 0 Å². The maximum Gasteiger partial charge on any atom is 0.335 e. The Kier molecular flexibility index (Phi) is 7.14. The van der Waals surface area contributed by atoms with Crippen molar-refractivity contribution in [3.05, 3.63) is 111 Å². The average molecular weight is 552 g/mol. The summed E-state index contributed by atoms with van der Waals surface area (Å²) in [4.78, 5) is 11.3. The van der Waals surface area contributed by atoms with Crippen LogP contribution in [0.25, 0.3) is 5.57 Å². The minimum absolute atomic E-state index is 0.0731. The molecule has 0 aliphatic heterocycles. The molecule has 5 rings (SSSR count). The first kappa shape index (κ1) is 26.2. The fraction of sp³-hybridized carbons (Fsp3) is 0.233. The minimum Gasteiger partial charge on any atom is -0.507 e. The number of aromatic hydroxyl groups is 1. The van der Waals surface area contributed by atoms with Crippen molar-refractivity contribution >= 4 is 34.7 Å². The van der Waals surface area contributed by atoms with Crippen molar-refractivity contribution in [3.8, 4) is 11.5 Å². The molecule has 2 aliphatic carbocycles. The molecule has 5 N–H and O–H groups in total. The van der Waals surface area contributed by atoms with E-state index in [2.05, 4.69) is 6.58 Å². The van der Waals surface area contributed by atoms with Gasteiger partial charge in [-0.25, -0.2) is 4.79 Å². The molecule has 8 heteroatoms. The summed E-state index contributed by atoms with van der Waals surface area (Å²) in [7, 11) is 0. The molecule has 196 valence electrons. The number of benzene rings is 3. The van der Waals surface area contributed by atoms with Crippen LogP contribution in [0.5, 0.6) is 11.5 Å². The predicted molar refractivity (Wildman–Crippen MR) is 148 cm³/mol. The second kappa shape index (κ2) is 10.4. The summed E-state index contributed by atoms with van der Waals surface area (Å²) in [5, 5.41) is 31.6. The van der Waals surface area contributed by atoms with Gasteiger partial charge < -0.3 is 25.8 Å². The third-order valence-corrected chi connectivity index (χ3v) is 7.81. The van der Waals surface area contributed by atoms with E-state index in [1.807, 2.05) is 12.1 Å². The molecule has 0 aromatic heterocycles. The number of halogens is 2. The predicted octanol–water partition coefficient (Wildman–Crippen LogP) is 6.70. The van der Waals surface area contributed by atoms with Gasteiger partial charge in [-0.1, -0.05) is 54.0 Å². The minimum atomic E-state index is -1.46. The second-order valence-electron chi connectivity index (χ2n) is 9.79. The van der Waals surface area contributed by atoms with Gasteiger partial charge in [0.05, 0.1) is 10.6 Å². The van der Waals surface area contributed by atoms with Crippen molar-refractivity contribution in [2.24, 2.45) is 11.7 Å². The molecule has 6 nitrogen and oxygen atoms in total. The zero-order valence-electron chi connectivity index (χ0n) is 20.4. The maximum absolute atomic E-state index is 11.3. The number of aliphatic hydroxyl groups excluding tert-OH is 1. The Morgan fingerprint density at radius 1 is 1.03 bits per heavy atom. The molecule has 2 fully saturated rings. The molecule has 0 amide bonds. The number of nitrogens with two attached hydrogens (primary N) is 1. The van der Waals surface area contributed by atoms with Crippen molar-refractivity contribution < 1.29 is 24.9 Å². The zero-order valence-corrected chi connectivity index (χ0v) is 21.9. The highest BCUT2D eigenvalue weighted by Crippen LogP contribution is 2.56. The normalized spacial score (nSPS) is 19.9. The highest BCUT2D eigenvalue weighted by molar-refractivity contribution is 6.33. The molecular formula is C30H27Cl2NO5. The van der Waals surface area contributed by atoms with Crippen LogP contribution in [0, 0.1) is 5.92 Å². The number of aromatic carboxylic acids is 1.